The number of nitrogens with two attached hydrogens (primary N) is 1. The minimum absolute atomic E-state index is 0.124. The second-order valence-corrected chi connectivity index (χ2v) is 4.56. The number of hydrazine groups is 1. The number of H-pyrrole nitrogens is 1. The van der Waals surface area contributed by atoms with Crippen molar-refractivity contribution in [2.24, 2.45) is 5.84 Å². The highest BCUT2D eigenvalue weighted by molar-refractivity contribution is 6.42. The first kappa shape index (κ1) is 14.6. The third-order valence-corrected chi connectivity index (χ3v) is 3.13. The summed E-state index contributed by atoms with van der Waals surface area (Å²) in [4.78, 5) is 29.9. The van der Waals surface area contributed by atoms with E-state index < -0.39 is 11.7 Å². The average Bonchev–Trinajstić information content (AvgIpc) is 2.39. The van der Waals surface area contributed by atoms with Gasteiger partial charge >= 0.3 is 6.09 Å². The summed E-state index contributed by atoms with van der Waals surface area (Å²) >= 11 is 11.7. The van der Waals surface area contributed by atoms with Crippen LogP contribution in [-0.4, -0.2) is 22.7 Å². The van der Waals surface area contributed by atoms with E-state index in [0.29, 0.717) is 16.0 Å². The summed E-state index contributed by atoms with van der Waals surface area (Å²) in [6.07, 6.45) is -0.884. The molecule has 7 nitrogen and oxygen atoms in total. The van der Waals surface area contributed by atoms with Crippen LogP contribution >= 0.6 is 23.2 Å². The highest BCUT2D eigenvalue weighted by atomic mass is 35.5. The Morgan fingerprint density at radius 2 is 2.10 bits per heavy atom. The number of nitrogens with zero attached hydrogens (tertiary/aromatic N) is 2. The zero-order valence-electron chi connectivity index (χ0n) is 10.3. The number of rotatable bonds is 2. The fourth-order valence-corrected chi connectivity index (χ4v) is 1.84. The Bertz CT molecular complexity index is 731. The second kappa shape index (κ2) is 5.66. The van der Waals surface area contributed by atoms with Gasteiger partial charge in [0.15, 0.2) is 0 Å². The molecule has 2 aromatic rings. The molecule has 0 saturated heterocycles. The summed E-state index contributed by atoms with van der Waals surface area (Å²) < 4.78 is 4.69. The van der Waals surface area contributed by atoms with Gasteiger partial charge in [0, 0.05) is 0 Å². The first-order chi connectivity index (χ1) is 9.43. The molecule has 106 valence electrons. The van der Waals surface area contributed by atoms with Gasteiger partial charge in [0.05, 0.1) is 27.7 Å². The minimum atomic E-state index is -0.884. The summed E-state index contributed by atoms with van der Waals surface area (Å²) in [5.41, 5.74) is 0.0746. The number of hydrogen-bond donors (Lipinski definition) is 2. The molecule has 0 bridgehead atoms. The standard InChI is InChI=1S/C11H10Cl2N4O3/c1-2-20-11(19)17(14)9-10(18)16-8-4-6(13)5(12)3-7(8)15-9/h3-4H,2,14H2,1H3,(H,16,18). The van der Waals surface area contributed by atoms with Gasteiger partial charge in [0.2, 0.25) is 5.82 Å². The van der Waals surface area contributed by atoms with Crippen LogP contribution in [0.4, 0.5) is 10.6 Å². The second-order valence-electron chi connectivity index (χ2n) is 3.74. The molecule has 1 aromatic carbocycles. The lowest BCUT2D eigenvalue weighted by Gasteiger charge is -2.14. The van der Waals surface area contributed by atoms with E-state index in [4.69, 9.17) is 33.8 Å². The molecular weight excluding hydrogens is 307 g/mol. The molecule has 9 heteroatoms. The number of amides is 1. The fraction of sp³-hybridized carbons (Fsp3) is 0.182. The van der Waals surface area contributed by atoms with E-state index in [9.17, 15) is 9.59 Å². The van der Waals surface area contributed by atoms with Crippen LogP contribution in [0.15, 0.2) is 16.9 Å². The third-order valence-electron chi connectivity index (χ3n) is 2.41. The number of aromatic amines is 1. The normalized spacial score (nSPS) is 10.6. The molecule has 0 fully saturated rings. The molecular formula is C11H10Cl2N4O3. The van der Waals surface area contributed by atoms with Crippen molar-refractivity contribution >= 4 is 46.1 Å². The summed E-state index contributed by atoms with van der Waals surface area (Å²) in [6.45, 7) is 1.74. The number of aromatic nitrogens is 2. The van der Waals surface area contributed by atoms with Gasteiger partial charge in [-0.3, -0.25) is 4.79 Å². The molecule has 0 aliphatic heterocycles. The Morgan fingerprint density at radius 3 is 2.75 bits per heavy atom. The number of anilines is 1. The number of halogens is 2. The molecule has 1 amide bonds. The highest BCUT2D eigenvalue weighted by Gasteiger charge is 2.18. The summed E-state index contributed by atoms with van der Waals surface area (Å²) in [6, 6.07) is 2.92. The highest BCUT2D eigenvalue weighted by Crippen LogP contribution is 2.25. The zero-order chi connectivity index (χ0) is 14.9. The van der Waals surface area contributed by atoms with Crippen molar-refractivity contribution in [3.8, 4) is 0 Å². The van der Waals surface area contributed by atoms with Crippen LogP contribution in [0, 0.1) is 0 Å². The molecule has 0 unspecified atom stereocenters. The molecule has 0 aliphatic carbocycles. The van der Waals surface area contributed by atoms with Crippen LogP contribution in [0.25, 0.3) is 11.0 Å². The topological polar surface area (TPSA) is 101 Å². The van der Waals surface area contributed by atoms with E-state index in [2.05, 4.69) is 9.97 Å². The molecule has 3 N–H and O–H groups in total. The maximum Gasteiger partial charge on any atom is 0.430 e. The summed E-state index contributed by atoms with van der Waals surface area (Å²) in [5, 5.41) is 1.08. The van der Waals surface area contributed by atoms with Gasteiger partial charge in [-0.2, -0.15) is 5.01 Å². The van der Waals surface area contributed by atoms with Gasteiger partial charge in [0.1, 0.15) is 0 Å². The fourth-order valence-electron chi connectivity index (χ4n) is 1.51. The lowest BCUT2D eigenvalue weighted by atomic mass is 10.3. The number of benzene rings is 1. The number of carbonyl (C=O) groups excluding carboxylic acids is 1. The number of fused-ring (bicyclic) bond motifs is 1. The number of hydrogen-bond acceptors (Lipinski definition) is 5. The molecule has 0 spiro atoms. The molecule has 2 rings (SSSR count). The van der Waals surface area contributed by atoms with Crippen molar-refractivity contribution in [3.63, 3.8) is 0 Å². The lowest BCUT2D eigenvalue weighted by molar-refractivity contribution is 0.159. The Morgan fingerprint density at radius 1 is 1.45 bits per heavy atom. The SMILES string of the molecule is CCOC(=O)N(N)c1nc2cc(Cl)c(Cl)cc2[nH]c1=O. The molecule has 0 atom stereocenters. The smallest absolute Gasteiger partial charge is 0.430 e. The maximum absolute atomic E-state index is 11.9. The van der Waals surface area contributed by atoms with Crippen molar-refractivity contribution in [3.05, 3.63) is 32.5 Å². The molecule has 20 heavy (non-hydrogen) atoms. The van der Waals surface area contributed by atoms with Gasteiger partial charge in [-0.1, -0.05) is 23.2 Å². The number of ether oxygens (including phenoxy) is 1. The van der Waals surface area contributed by atoms with Crippen molar-refractivity contribution in [1.82, 2.24) is 9.97 Å². The Kier molecular flexibility index (Phi) is 4.12. The number of carbonyl (C=O) groups is 1. The van der Waals surface area contributed by atoms with Gasteiger partial charge in [0.25, 0.3) is 5.56 Å². The zero-order valence-corrected chi connectivity index (χ0v) is 11.8. The Labute approximate surface area is 123 Å². The van der Waals surface area contributed by atoms with E-state index in [0.717, 1.165) is 0 Å². The number of nitrogens with one attached hydrogen (secondary N) is 1. The van der Waals surface area contributed by atoms with Gasteiger partial charge in [-0.25, -0.2) is 15.6 Å². The van der Waals surface area contributed by atoms with Crippen LogP contribution in [0.3, 0.4) is 0 Å². The first-order valence-corrected chi connectivity index (χ1v) is 6.30. The monoisotopic (exact) mass is 316 g/mol. The maximum atomic E-state index is 11.9. The predicted octanol–water partition coefficient (Wildman–Crippen LogP) is 2.07. The van der Waals surface area contributed by atoms with E-state index >= 15 is 0 Å². The molecule has 0 radical (unpaired) electrons. The van der Waals surface area contributed by atoms with Crippen LogP contribution < -0.4 is 16.4 Å². The summed E-state index contributed by atoms with van der Waals surface area (Å²) in [7, 11) is 0. The Balaban J connectivity index is 2.55. The quantitative estimate of drug-likeness (QED) is 0.501. The first-order valence-electron chi connectivity index (χ1n) is 5.54. The lowest BCUT2D eigenvalue weighted by Crippen LogP contribution is -2.42. The van der Waals surface area contributed by atoms with Crippen molar-refractivity contribution < 1.29 is 9.53 Å². The van der Waals surface area contributed by atoms with Crippen LogP contribution in [0.2, 0.25) is 10.0 Å². The van der Waals surface area contributed by atoms with Crippen LogP contribution in [0.5, 0.6) is 0 Å². The predicted molar refractivity (Wildman–Crippen MR) is 76.1 cm³/mol. The van der Waals surface area contributed by atoms with Gasteiger partial charge in [-0.15, -0.1) is 0 Å². The van der Waals surface area contributed by atoms with Crippen molar-refractivity contribution in [1.29, 1.82) is 0 Å². The van der Waals surface area contributed by atoms with E-state index in [1.165, 1.54) is 12.1 Å². The van der Waals surface area contributed by atoms with Gasteiger partial charge in [-0.05, 0) is 19.1 Å². The molecule has 0 aliphatic rings. The average molecular weight is 317 g/mol. The molecule has 1 aromatic heterocycles. The van der Waals surface area contributed by atoms with Crippen molar-refractivity contribution in [2.45, 2.75) is 6.92 Å². The van der Waals surface area contributed by atoms with E-state index in [-0.39, 0.29) is 22.5 Å². The van der Waals surface area contributed by atoms with E-state index in [1.54, 1.807) is 6.92 Å². The minimum Gasteiger partial charge on any atom is -0.448 e. The largest absolute Gasteiger partial charge is 0.448 e. The van der Waals surface area contributed by atoms with E-state index in [1.807, 2.05) is 0 Å². The Hall–Kier alpha value is -1.83. The molecule has 0 saturated carbocycles. The van der Waals surface area contributed by atoms with Crippen LogP contribution in [0.1, 0.15) is 6.92 Å². The third kappa shape index (κ3) is 2.69. The van der Waals surface area contributed by atoms with Crippen molar-refractivity contribution in [2.75, 3.05) is 11.6 Å². The van der Waals surface area contributed by atoms with Gasteiger partial charge < -0.3 is 9.72 Å². The molecule has 1 heterocycles. The van der Waals surface area contributed by atoms with Crippen LogP contribution in [-0.2, 0) is 4.74 Å². The summed E-state index contributed by atoms with van der Waals surface area (Å²) in [5.74, 6) is 5.20.